The van der Waals surface area contributed by atoms with Crippen molar-refractivity contribution in [3.8, 4) is 11.3 Å². The number of nitrogens with zero attached hydrogens (tertiary/aromatic N) is 2. The number of hydrogen-bond donors (Lipinski definition) is 0. The molecular formula is C13H8BrCl2N2-. The summed E-state index contributed by atoms with van der Waals surface area (Å²) in [6.07, 6.45) is 3.90. The summed E-state index contributed by atoms with van der Waals surface area (Å²) in [5.74, 6) is 0. The van der Waals surface area contributed by atoms with E-state index in [1.807, 2.05) is 47.1 Å². The molecule has 18 heavy (non-hydrogen) atoms. The predicted molar refractivity (Wildman–Crippen MR) is 70.6 cm³/mol. The first-order chi connectivity index (χ1) is 8.24. The van der Waals surface area contributed by atoms with Crippen molar-refractivity contribution in [2.45, 2.75) is 0 Å². The van der Waals surface area contributed by atoms with E-state index in [0.29, 0.717) is 10.0 Å². The lowest BCUT2D eigenvalue weighted by molar-refractivity contribution is -0.00000324. The smallest absolute Gasteiger partial charge is 0.137 e. The average Bonchev–Trinajstić information content (AvgIpc) is 2.72. The van der Waals surface area contributed by atoms with Crippen LogP contribution in [0.2, 0.25) is 10.0 Å². The predicted octanol–water partition coefficient (Wildman–Crippen LogP) is 1.31. The first-order valence-corrected chi connectivity index (χ1v) is 5.89. The maximum atomic E-state index is 6.16. The Labute approximate surface area is 125 Å². The van der Waals surface area contributed by atoms with Crippen LogP contribution >= 0.6 is 23.2 Å². The molecule has 3 aromatic rings. The average molecular weight is 343 g/mol. The minimum absolute atomic E-state index is 0. The topological polar surface area (TPSA) is 17.3 Å². The molecule has 0 aliphatic rings. The Bertz CT molecular complexity index is 661. The van der Waals surface area contributed by atoms with Gasteiger partial charge in [-0.25, -0.2) is 4.98 Å². The summed E-state index contributed by atoms with van der Waals surface area (Å²) in [4.78, 5) is 4.51. The van der Waals surface area contributed by atoms with Gasteiger partial charge in [0.15, 0.2) is 0 Å². The second kappa shape index (κ2) is 5.31. The summed E-state index contributed by atoms with van der Waals surface area (Å²) in [5, 5.41) is 1.24. The molecule has 3 rings (SSSR count). The summed E-state index contributed by atoms with van der Waals surface area (Å²) in [5.41, 5.74) is 2.63. The molecule has 0 N–H and O–H groups in total. The van der Waals surface area contributed by atoms with Crippen molar-refractivity contribution in [1.82, 2.24) is 9.38 Å². The maximum absolute atomic E-state index is 6.16. The number of benzene rings is 1. The highest BCUT2D eigenvalue weighted by molar-refractivity contribution is 6.36. The third-order valence-corrected chi connectivity index (χ3v) is 3.12. The molecule has 0 spiro atoms. The van der Waals surface area contributed by atoms with Gasteiger partial charge in [0.1, 0.15) is 5.65 Å². The van der Waals surface area contributed by atoms with Crippen molar-refractivity contribution >= 4 is 28.8 Å². The molecule has 0 saturated heterocycles. The molecule has 0 fully saturated rings. The molecule has 2 aromatic heterocycles. The van der Waals surface area contributed by atoms with Crippen molar-refractivity contribution in [3.63, 3.8) is 0 Å². The molecule has 2 nitrogen and oxygen atoms in total. The molecule has 0 atom stereocenters. The van der Waals surface area contributed by atoms with Crippen LogP contribution in [-0.4, -0.2) is 9.38 Å². The zero-order valence-electron chi connectivity index (χ0n) is 9.15. The largest absolute Gasteiger partial charge is 1.00 e. The lowest BCUT2D eigenvalue weighted by Gasteiger charge is -2.00. The van der Waals surface area contributed by atoms with E-state index in [1.54, 1.807) is 6.07 Å². The fourth-order valence-electron chi connectivity index (χ4n) is 1.76. The normalized spacial score (nSPS) is 10.3. The Hall–Kier alpha value is -1.03. The van der Waals surface area contributed by atoms with E-state index in [-0.39, 0.29) is 17.0 Å². The summed E-state index contributed by atoms with van der Waals surface area (Å²) in [6, 6.07) is 11.3. The number of imidazole rings is 1. The first-order valence-electron chi connectivity index (χ1n) is 5.13. The van der Waals surface area contributed by atoms with Crippen molar-refractivity contribution < 1.29 is 17.0 Å². The van der Waals surface area contributed by atoms with Gasteiger partial charge in [-0.05, 0) is 30.3 Å². The van der Waals surface area contributed by atoms with Crippen LogP contribution < -0.4 is 17.0 Å². The highest BCUT2D eigenvalue weighted by Gasteiger charge is 2.08. The molecule has 0 amide bonds. The highest BCUT2D eigenvalue weighted by Crippen LogP contribution is 2.29. The molecule has 92 valence electrons. The number of hydrogen-bond acceptors (Lipinski definition) is 1. The Balaban J connectivity index is 0.00000120. The molecule has 0 bridgehead atoms. The van der Waals surface area contributed by atoms with Crippen LogP contribution in [0.25, 0.3) is 16.9 Å². The van der Waals surface area contributed by atoms with Crippen LogP contribution in [0.1, 0.15) is 0 Å². The van der Waals surface area contributed by atoms with E-state index in [0.717, 1.165) is 16.9 Å². The van der Waals surface area contributed by atoms with Gasteiger partial charge >= 0.3 is 0 Å². The monoisotopic (exact) mass is 341 g/mol. The van der Waals surface area contributed by atoms with Gasteiger partial charge in [-0.2, -0.15) is 0 Å². The van der Waals surface area contributed by atoms with E-state index in [1.165, 1.54) is 0 Å². The summed E-state index contributed by atoms with van der Waals surface area (Å²) in [7, 11) is 0. The molecule has 0 aliphatic heterocycles. The van der Waals surface area contributed by atoms with Crippen molar-refractivity contribution in [3.05, 3.63) is 58.8 Å². The van der Waals surface area contributed by atoms with Crippen LogP contribution in [0.3, 0.4) is 0 Å². The van der Waals surface area contributed by atoms with Gasteiger partial charge in [-0.3, -0.25) is 0 Å². The van der Waals surface area contributed by atoms with E-state index in [9.17, 15) is 0 Å². The molecule has 0 radical (unpaired) electrons. The van der Waals surface area contributed by atoms with Crippen molar-refractivity contribution in [2.24, 2.45) is 0 Å². The van der Waals surface area contributed by atoms with E-state index in [2.05, 4.69) is 4.98 Å². The number of aromatic nitrogens is 2. The van der Waals surface area contributed by atoms with E-state index >= 15 is 0 Å². The second-order valence-corrected chi connectivity index (χ2v) is 4.56. The van der Waals surface area contributed by atoms with Gasteiger partial charge in [0.25, 0.3) is 0 Å². The molecule has 1 aromatic carbocycles. The number of fused-ring (bicyclic) bond motifs is 1. The summed E-state index contributed by atoms with van der Waals surface area (Å²) >= 11 is 12.0. The number of rotatable bonds is 1. The van der Waals surface area contributed by atoms with Gasteiger partial charge in [-0.15, -0.1) is 0 Å². The minimum Gasteiger partial charge on any atom is -1.00 e. The van der Waals surface area contributed by atoms with Gasteiger partial charge in [0.2, 0.25) is 0 Å². The van der Waals surface area contributed by atoms with Gasteiger partial charge in [-0.1, -0.05) is 29.3 Å². The van der Waals surface area contributed by atoms with E-state index in [4.69, 9.17) is 23.2 Å². The first kappa shape index (κ1) is 13.4. The molecule has 5 heteroatoms. The van der Waals surface area contributed by atoms with Crippen molar-refractivity contribution in [2.75, 3.05) is 0 Å². The number of pyridine rings is 1. The van der Waals surface area contributed by atoms with Crippen LogP contribution in [0.15, 0.2) is 48.8 Å². The van der Waals surface area contributed by atoms with Gasteiger partial charge in [0.05, 0.1) is 10.7 Å². The fourth-order valence-corrected chi connectivity index (χ4v) is 2.27. The Morgan fingerprint density at radius 2 is 1.89 bits per heavy atom. The van der Waals surface area contributed by atoms with Crippen molar-refractivity contribution in [1.29, 1.82) is 0 Å². The fraction of sp³-hybridized carbons (Fsp3) is 0. The third-order valence-electron chi connectivity index (χ3n) is 2.57. The SMILES string of the molecule is Clc1ccc(-c2cn3ccccc3n2)c(Cl)c1.[Br-]. The van der Waals surface area contributed by atoms with E-state index < -0.39 is 0 Å². The lowest BCUT2D eigenvalue weighted by atomic mass is 10.2. The summed E-state index contributed by atoms with van der Waals surface area (Å²) < 4.78 is 1.96. The Morgan fingerprint density at radius 1 is 1.06 bits per heavy atom. The zero-order valence-corrected chi connectivity index (χ0v) is 12.2. The van der Waals surface area contributed by atoms with Crippen LogP contribution in [0.5, 0.6) is 0 Å². The Kier molecular flexibility index (Phi) is 3.95. The maximum Gasteiger partial charge on any atom is 0.137 e. The molecule has 0 aliphatic carbocycles. The van der Waals surface area contributed by atoms with Gasteiger partial charge < -0.3 is 21.4 Å². The van der Waals surface area contributed by atoms with Crippen LogP contribution in [-0.2, 0) is 0 Å². The van der Waals surface area contributed by atoms with Gasteiger partial charge in [0, 0.05) is 23.0 Å². The standard InChI is InChI=1S/C13H8Cl2N2.BrH/c14-9-4-5-10(11(15)7-9)12-8-17-6-2-1-3-13(17)16-12;/h1-8H;1H/p-1. The quantitative estimate of drug-likeness (QED) is 0.652. The highest BCUT2D eigenvalue weighted by atomic mass is 79.9. The second-order valence-electron chi connectivity index (χ2n) is 3.72. The Morgan fingerprint density at radius 3 is 2.61 bits per heavy atom. The molecule has 0 unspecified atom stereocenters. The molecule has 2 heterocycles. The number of halogens is 3. The molecule has 0 saturated carbocycles. The summed E-state index contributed by atoms with van der Waals surface area (Å²) in [6.45, 7) is 0. The molecular weight excluding hydrogens is 335 g/mol. The van der Waals surface area contributed by atoms with Crippen LogP contribution in [0, 0.1) is 0 Å². The third kappa shape index (κ3) is 2.39. The van der Waals surface area contributed by atoms with Crippen LogP contribution in [0.4, 0.5) is 0 Å². The lowest BCUT2D eigenvalue weighted by Crippen LogP contribution is -3.00. The zero-order chi connectivity index (χ0) is 11.8. The minimum atomic E-state index is 0.